The Labute approximate surface area is 94.3 Å². The van der Waals surface area contributed by atoms with E-state index in [0.29, 0.717) is 0 Å². The molecule has 8 nitrogen and oxygen atoms in total. The smallest absolute Gasteiger partial charge is 0.374 e. The third-order valence-electron chi connectivity index (χ3n) is 1.77. The van der Waals surface area contributed by atoms with Crippen LogP contribution >= 0.6 is 0 Å². The SMILES string of the molecule is O=C(Nc1cccnn1)c1cc(C(=O)O)on1. The molecular formula is C9H6N4O4. The van der Waals surface area contributed by atoms with Crippen LogP contribution in [0.15, 0.2) is 28.9 Å². The van der Waals surface area contributed by atoms with E-state index in [4.69, 9.17) is 5.11 Å². The van der Waals surface area contributed by atoms with Gasteiger partial charge in [0.15, 0.2) is 11.5 Å². The first-order valence-corrected chi connectivity index (χ1v) is 4.46. The number of nitrogens with zero attached hydrogens (tertiary/aromatic N) is 3. The van der Waals surface area contributed by atoms with E-state index < -0.39 is 17.6 Å². The first-order valence-electron chi connectivity index (χ1n) is 4.46. The fraction of sp³-hybridized carbons (Fsp3) is 0. The maximum Gasteiger partial charge on any atom is 0.374 e. The molecule has 0 aliphatic rings. The average molecular weight is 234 g/mol. The summed E-state index contributed by atoms with van der Waals surface area (Å²) in [6.45, 7) is 0. The number of nitrogens with one attached hydrogen (secondary N) is 1. The van der Waals surface area contributed by atoms with Crippen molar-refractivity contribution in [1.29, 1.82) is 0 Å². The Morgan fingerprint density at radius 1 is 1.41 bits per heavy atom. The quantitative estimate of drug-likeness (QED) is 0.789. The Balaban J connectivity index is 2.12. The normalized spacial score (nSPS) is 9.88. The Morgan fingerprint density at radius 3 is 2.82 bits per heavy atom. The fourth-order valence-corrected chi connectivity index (χ4v) is 1.03. The van der Waals surface area contributed by atoms with Gasteiger partial charge in [-0.3, -0.25) is 4.79 Å². The van der Waals surface area contributed by atoms with E-state index in [9.17, 15) is 9.59 Å². The van der Waals surface area contributed by atoms with Crippen molar-refractivity contribution in [1.82, 2.24) is 15.4 Å². The third-order valence-corrected chi connectivity index (χ3v) is 1.77. The Morgan fingerprint density at radius 2 is 2.24 bits per heavy atom. The number of carboxylic acid groups (broad SMARTS) is 1. The molecule has 0 unspecified atom stereocenters. The molecular weight excluding hydrogens is 228 g/mol. The number of aromatic carboxylic acids is 1. The summed E-state index contributed by atoms with van der Waals surface area (Å²) in [6, 6.07) is 4.14. The Hall–Kier alpha value is -2.77. The van der Waals surface area contributed by atoms with Crippen molar-refractivity contribution in [2.75, 3.05) is 5.32 Å². The summed E-state index contributed by atoms with van der Waals surface area (Å²) in [5, 5.41) is 21.5. The van der Waals surface area contributed by atoms with E-state index in [1.54, 1.807) is 6.07 Å². The van der Waals surface area contributed by atoms with Crippen molar-refractivity contribution in [3.8, 4) is 0 Å². The summed E-state index contributed by atoms with van der Waals surface area (Å²) < 4.78 is 4.44. The molecule has 0 radical (unpaired) electrons. The van der Waals surface area contributed by atoms with Gasteiger partial charge in [-0.25, -0.2) is 4.79 Å². The van der Waals surface area contributed by atoms with Crippen LogP contribution in [0.25, 0.3) is 0 Å². The first-order chi connectivity index (χ1) is 8.16. The zero-order chi connectivity index (χ0) is 12.3. The Kier molecular flexibility index (Phi) is 2.77. The predicted molar refractivity (Wildman–Crippen MR) is 53.4 cm³/mol. The largest absolute Gasteiger partial charge is 0.475 e. The van der Waals surface area contributed by atoms with Gasteiger partial charge in [0.05, 0.1) is 0 Å². The van der Waals surface area contributed by atoms with E-state index in [1.165, 1.54) is 12.3 Å². The molecule has 0 saturated carbocycles. The van der Waals surface area contributed by atoms with Crippen LogP contribution in [0.4, 0.5) is 5.82 Å². The van der Waals surface area contributed by atoms with Crippen LogP contribution in [-0.2, 0) is 0 Å². The van der Waals surface area contributed by atoms with Gasteiger partial charge >= 0.3 is 5.97 Å². The minimum absolute atomic E-state index is 0.145. The van der Waals surface area contributed by atoms with Crippen molar-refractivity contribution >= 4 is 17.7 Å². The molecule has 0 atom stereocenters. The minimum atomic E-state index is -1.30. The topological polar surface area (TPSA) is 118 Å². The second-order valence-corrected chi connectivity index (χ2v) is 2.94. The van der Waals surface area contributed by atoms with Crippen molar-refractivity contribution in [2.45, 2.75) is 0 Å². The van der Waals surface area contributed by atoms with E-state index >= 15 is 0 Å². The van der Waals surface area contributed by atoms with Crippen LogP contribution in [0.3, 0.4) is 0 Å². The van der Waals surface area contributed by atoms with E-state index in [2.05, 4.69) is 25.2 Å². The molecule has 8 heteroatoms. The zero-order valence-electron chi connectivity index (χ0n) is 8.32. The van der Waals surface area contributed by atoms with Crippen LogP contribution in [-0.4, -0.2) is 32.3 Å². The molecule has 2 aromatic rings. The lowest BCUT2D eigenvalue weighted by molar-refractivity contribution is 0.0651. The third kappa shape index (κ3) is 2.43. The molecule has 86 valence electrons. The summed E-state index contributed by atoms with van der Waals surface area (Å²) in [7, 11) is 0. The lowest BCUT2D eigenvalue weighted by atomic mass is 10.3. The minimum Gasteiger partial charge on any atom is -0.475 e. The predicted octanol–water partition coefficient (Wildman–Crippen LogP) is 0.415. The van der Waals surface area contributed by atoms with Crippen LogP contribution in [0.1, 0.15) is 21.0 Å². The zero-order valence-corrected chi connectivity index (χ0v) is 8.32. The fourth-order valence-electron chi connectivity index (χ4n) is 1.03. The molecule has 0 aromatic carbocycles. The molecule has 0 spiro atoms. The monoisotopic (exact) mass is 234 g/mol. The second-order valence-electron chi connectivity index (χ2n) is 2.94. The van der Waals surface area contributed by atoms with E-state index in [-0.39, 0.29) is 11.5 Å². The molecule has 2 rings (SSSR count). The van der Waals surface area contributed by atoms with Crippen LogP contribution < -0.4 is 5.32 Å². The lowest BCUT2D eigenvalue weighted by Gasteiger charge is -1.98. The molecule has 2 aromatic heterocycles. The maximum absolute atomic E-state index is 11.6. The van der Waals surface area contributed by atoms with Crippen LogP contribution in [0, 0.1) is 0 Å². The number of anilines is 1. The van der Waals surface area contributed by atoms with E-state index in [1.807, 2.05) is 0 Å². The van der Waals surface area contributed by atoms with Crippen LogP contribution in [0.2, 0.25) is 0 Å². The maximum atomic E-state index is 11.6. The van der Waals surface area contributed by atoms with Gasteiger partial charge in [0.2, 0.25) is 5.76 Å². The highest BCUT2D eigenvalue weighted by atomic mass is 16.5. The van der Waals surface area contributed by atoms with Gasteiger partial charge in [0.25, 0.3) is 5.91 Å². The van der Waals surface area contributed by atoms with Crippen molar-refractivity contribution < 1.29 is 19.2 Å². The number of rotatable bonds is 3. The highest BCUT2D eigenvalue weighted by molar-refractivity contribution is 6.03. The Bertz CT molecular complexity index is 551. The molecule has 1 amide bonds. The molecule has 0 aliphatic carbocycles. The molecule has 2 heterocycles. The van der Waals surface area contributed by atoms with Gasteiger partial charge in [-0.15, -0.1) is 5.10 Å². The van der Waals surface area contributed by atoms with Gasteiger partial charge in [-0.1, -0.05) is 5.16 Å². The molecule has 0 bridgehead atoms. The lowest BCUT2D eigenvalue weighted by Crippen LogP contribution is -2.13. The van der Waals surface area contributed by atoms with Crippen molar-refractivity contribution in [3.05, 3.63) is 35.9 Å². The highest BCUT2D eigenvalue weighted by Crippen LogP contribution is 2.06. The first kappa shape index (κ1) is 10.7. The molecule has 2 N–H and O–H groups in total. The summed E-state index contributed by atoms with van der Waals surface area (Å²) >= 11 is 0. The number of carbonyl (C=O) groups is 2. The average Bonchev–Trinajstić information content (AvgIpc) is 2.79. The van der Waals surface area contributed by atoms with Gasteiger partial charge in [0, 0.05) is 12.3 Å². The van der Waals surface area contributed by atoms with Gasteiger partial charge in [-0.2, -0.15) is 5.10 Å². The number of hydrogen-bond donors (Lipinski definition) is 2. The van der Waals surface area contributed by atoms with Gasteiger partial charge in [-0.05, 0) is 12.1 Å². The number of aromatic nitrogens is 3. The summed E-state index contributed by atoms with van der Waals surface area (Å²) in [6.07, 6.45) is 1.45. The highest BCUT2D eigenvalue weighted by Gasteiger charge is 2.16. The number of amides is 1. The number of carbonyl (C=O) groups excluding carboxylic acids is 1. The van der Waals surface area contributed by atoms with E-state index in [0.717, 1.165) is 6.07 Å². The summed E-state index contributed by atoms with van der Waals surface area (Å²) in [5.41, 5.74) is -0.145. The van der Waals surface area contributed by atoms with Gasteiger partial charge < -0.3 is 14.9 Å². The standard InChI is InChI=1S/C9H6N4O4/c14-8(11-7-2-1-3-10-12-7)5-4-6(9(15)16)17-13-5/h1-4H,(H,15,16)(H,11,12,14). The molecule has 0 fully saturated rings. The summed E-state index contributed by atoms with van der Waals surface area (Å²) in [4.78, 5) is 22.1. The molecule has 0 aliphatic heterocycles. The van der Waals surface area contributed by atoms with Crippen molar-refractivity contribution in [3.63, 3.8) is 0 Å². The van der Waals surface area contributed by atoms with Crippen molar-refractivity contribution in [2.24, 2.45) is 0 Å². The number of hydrogen-bond acceptors (Lipinski definition) is 6. The molecule has 17 heavy (non-hydrogen) atoms. The summed E-state index contributed by atoms with van der Waals surface area (Å²) in [5.74, 6) is -2.09. The van der Waals surface area contributed by atoms with Crippen LogP contribution in [0.5, 0.6) is 0 Å². The number of carboxylic acids is 1. The molecule has 0 saturated heterocycles. The van der Waals surface area contributed by atoms with Gasteiger partial charge in [0.1, 0.15) is 0 Å². The second kappa shape index (κ2) is 4.39.